The number of amides is 1. The monoisotopic (exact) mass is 271 g/mol. The lowest BCUT2D eigenvalue weighted by Gasteiger charge is -2.16. The Labute approximate surface area is 115 Å². The molecule has 6 heteroatoms. The summed E-state index contributed by atoms with van der Waals surface area (Å²) in [5, 5.41) is 15.6. The number of rotatable bonds is 3. The third-order valence-electron chi connectivity index (χ3n) is 3.48. The number of H-pyrrole nitrogens is 1. The van der Waals surface area contributed by atoms with E-state index in [1.165, 1.54) is 4.90 Å². The van der Waals surface area contributed by atoms with Crippen LogP contribution in [-0.2, 0) is 9.59 Å². The predicted molar refractivity (Wildman–Crippen MR) is 72.1 cm³/mol. The smallest absolute Gasteiger partial charge is 0.308 e. The summed E-state index contributed by atoms with van der Waals surface area (Å²) in [5.74, 6) is -1.68. The molecule has 2 heterocycles. The van der Waals surface area contributed by atoms with Crippen LogP contribution in [0.1, 0.15) is 6.42 Å². The summed E-state index contributed by atoms with van der Waals surface area (Å²) in [7, 11) is 0. The molecule has 20 heavy (non-hydrogen) atoms. The van der Waals surface area contributed by atoms with Crippen LogP contribution in [-0.4, -0.2) is 33.7 Å². The minimum atomic E-state index is -0.920. The van der Waals surface area contributed by atoms with Crippen LogP contribution in [0.25, 0.3) is 11.1 Å². The van der Waals surface area contributed by atoms with Gasteiger partial charge in [0.15, 0.2) is 0 Å². The second kappa shape index (κ2) is 4.80. The summed E-state index contributed by atoms with van der Waals surface area (Å²) in [4.78, 5) is 24.3. The highest BCUT2D eigenvalue weighted by molar-refractivity contribution is 5.99. The van der Waals surface area contributed by atoms with E-state index in [9.17, 15) is 9.59 Å². The molecule has 1 aromatic heterocycles. The maximum Gasteiger partial charge on any atom is 0.308 e. The van der Waals surface area contributed by atoms with Crippen molar-refractivity contribution in [2.24, 2.45) is 5.92 Å². The van der Waals surface area contributed by atoms with E-state index in [0.29, 0.717) is 0 Å². The maximum absolute atomic E-state index is 11.9. The standard InChI is InChI=1S/C14H13N3O3/c18-13-5-10(14(19)20)8-17(13)12-3-1-9(2-4-12)11-6-15-16-7-11/h1-4,6-7,10H,5,8H2,(H,15,16)(H,19,20). The Balaban J connectivity index is 1.82. The molecule has 1 saturated heterocycles. The van der Waals surface area contributed by atoms with Gasteiger partial charge in [0, 0.05) is 30.4 Å². The molecular formula is C14H13N3O3. The normalized spacial score (nSPS) is 18.5. The van der Waals surface area contributed by atoms with Gasteiger partial charge < -0.3 is 10.0 Å². The fourth-order valence-corrected chi connectivity index (χ4v) is 2.37. The number of benzene rings is 1. The van der Waals surface area contributed by atoms with Crippen LogP contribution < -0.4 is 4.90 Å². The van der Waals surface area contributed by atoms with Crippen molar-refractivity contribution >= 4 is 17.6 Å². The van der Waals surface area contributed by atoms with E-state index in [0.717, 1.165) is 16.8 Å². The summed E-state index contributed by atoms with van der Waals surface area (Å²) in [6.45, 7) is 0.235. The molecule has 0 bridgehead atoms. The summed E-state index contributed by atoms with van der Waals surface area (Å²) in [6, 6.07) is 7.43. The van der Waals surface area contributed by atoms with E-state index in [-0.39, 0.29) is 18.9 Å². The zero-order valence-corrected chi connectivity index (χ0v) is 10.6. The quantitative estimate of drug-likeness (QED) is 0.886. The van der Waals surface area contributed by atoms with Gasteiger partial charge in [0.2, 0.25) is 5.91 Å². The lowest BCUT2D eigenvalue weighted by atomic mass is 10.1. The van der Waals surface area contributed by atoms with Crippen LogP contribution in [0, 0.1) is 5.92 Å². The van der Waals surface area contributed by atoms with E-state index in [1.54, 1.807) is 12.4 Å². The lowest BCUT2D eigenvalue weighted by molar-refractivity contribution is -0.141. The number of aliphatic carboxylic acids is 1. The average Bonchev–Trinajstić information content (AvgIpc) is 3.08. The number of anilines is 1. The number of nitrogens with one attached hydrogen (secondary N) is 1. The summed E-state index contributed by atoms with van der Waals surface area (Å²) >= 11 is 0. The Morgan fingerprint density at radius 2 is 2.05 bits per heavy atom. The lowest BCUT2D eigenvalue weighted by Crippen LogP contribution is -2.25. The van der Waals surface area contributed by atoms with E-state index in [1.807, 2.05) is 24.3 Å². The zero-order chi connectivity index (χ0) is 14.1. The Hall–Kier alpha value is -2.63. The molecule has 3 rings (SSSR count). The number of carboxylic acid groups (broad SMARTS) is 1. The molecule has 6 nitrogen and oxygen atoms in total. The molecule has 1 amide bonds. The number of hydrogen-bond acceptors (Lipinski definition) is 3. The molecule has 1 aromatic carbocycles. The molecule has 1 aliphatic rings. The second-order valence-electron chi connectivity index (χ2n) is 4.78. The van der Waals surface area contributed by atoms with E-state index in [2.05, 4.69) is 10.2 Å². The molecule has 102 valence electrons. The fraction of sp³-hybridized carbons (Fsp3) is 0.214. The Kier molecular flexibility index (Phi) is 2.98. The van der Waals surface area contributed by atoms with Crippen LogP contribution in [0.3, 0.4) is 0 Å². The summed E-state index contributed by atoms with van der Waals surface area (Å²) in [6.07, 6.45) is 3.58. The molecule has 0 saturated carbocycles. The topological polar surface area (TPSA) is 86.3 Å². The van der Waals surface area contributed by atoms with Gasteiger partial charge in [-0.1, -0.05) is 12.1 Å². The predicted octanol–water partition coefficient (Wildman–Crippen LogP) is 1.51. The van der Waals surface area contributed by atoms with Gasteiger partial charge in [-0.2, -0.15) is 5.10 Å². The third kappa shape index (κ3) is 2.16. The highest BCUT2D eigenvalue weighted by Crippen LogP contribution is 2.27. The van der Waals surface area contributed by atoms with E-state index in [4.69, 9.17) is 5.11 Å². The van der Waals surface area contributed by atoms with Crippen molar-refractivity contribution in [3.63, 3.8) is 0 Å². The Morgan fingerprint density at radius 3 is 2.60 bits per heavy atom. The average molecular weight is 271 g/mol. The zero-order valence-electron chi connectivity index (χ0n) is 10.6. The molecule has 1 unspecified atom stereocenters. The molecule has 2 N–H and O–H groups in total. The second-order valence-corrected chi connectivity index (χ2v) is 4.78. The van der Waals surface area contributed by atoms with Crippen molar-refractivity contribution < 1.29 is 14.7 Å². The molecule has 0 radical (unpaired) electrons. The van der Waals surface area contributed by atoms with Crippen LogP contribution in [0.4, 0.5) is 5.69 Å². The van der Waals surface area contributed by atoms with Crippen LogP contribution in [0.5, 0.6) is 0 Å². The maximum atomic E-state index is 11.9. The largest absolute Gasteiger partial charge is 0.481 e. The van der Waals surface area contributed by atoms with Gasteiger partial charge in [0.25, 0.3) is 0 Å². The highest BCUT2D eigenvalue weighted by atomic mass is 16.4. The SMILES string of the molecule is O=C(O)C1CC(=O)N(c2ccc(-c3cn[nH]c3)cc2)C1. The number of nitrogens with zero attached hydrogens (tertiary/aromatic N) is 2. The van der Waals surface area contributed by atoms with Crippen molar-refractivity contribution in [3.05, 3.63) is 36.7 Å². The van der Waals surface area contributed by atoms with E-state index < -0.39 is 11.9 Å². The number of carbonyl (C=O) groups is 2. The number of hydrogen-bond donors (Lipinski definition) is 2. The van der Waals surface area contributed by atoms with Crippen LogP contribution in [0.15, 0.2) is 36.7 Å². The first-order chi connectivity index (χ1) is 9.65. The van der Waals surface area contributed by atoms with Gasteiger partial charge in [-0.3, -0.25) is 14.7 Å². The van der Waals surface area contributed by atoms with Crippen molar-refractivity contribution in [2.75, 3.05) is 11.4 Å². The minimum absolute atomic E-state index is 0.0683. The van der Waals surface area contributed by atoms with Gasteiger partial charge in [0.05, 0.1) is 12.1 Å². The molecule has 1 aliphatic heterocycles. The van der Waals surface area contributed by atoms with Gasteiger partial charge in [0.1, 0.15) is 0 Å². The Bertz CT molecular complexity index is 634. The van der Waals surface area contributed by atoms with Gasteiger partial charge in [-0.05, 0) is 17.7 Å². The number of carbonyl (C=O) groups excluding carboxylic acids is 1. The number of aromatic nitrogens is 2. The van der Waals surface area contributed by atoms with Crippen molar-refractivity contribution in [1.29, 1.82) is 0 Å². The fourth-order valence-electron chi connectivity index (χ4n) is 2.37. The first-order valence-corrected chi connectivity index (χ1v) is 6.27. The van der Waals surface area contributed by atoms with Crippen molar-refractivity contribution in [2.45, 2.75) is 6.42 Å². The number of aromatic amines is 1. The molecule has 1 fully saturated rings. The molecular weight excluding hydrogens is 258 g/mol. The molecule has 0 spiro atoms. The molecule has 0 aliphatic carbocycles. The first-order valence-electron chi connectivity index (χ1n) is 6.27. The summed E-state index contributed by atoms with van der Waals surface area (Å²) in [5.41, 5.74) is 2.68. The third-order valence-corrected chi connectivity index (χ3v) is 3.48. The molecule has 1 atom stereocenters. The van der Waals surface area contributed by atoms with Crippen LogP contribution in [0.2, 0.25) is 0 Å². The van der Waals surface area contributed by atoms with Crippen molar-refractivity contribution in [3.8, 4) is 11.1 Å². The number of carboxylic acids is 1. The van der Waals surface area contributed by atoms with Gasteiger partial charge in [-0.15, -0.1) is 0 Å². The van der Waals surface area contributed by atoms with Crippen LogP contribution >= 0.6 is 0 Å². The Morgan fingerprint density at radius 1 is 1.30 bits per heavy atom. The van der Waals surface area contributed by atoms with E-state index >= 15 is 0 Å². The van der Waals surface area contributed by atoms with Crippen molar-refractivity contribution in [1.82, 2.24) is 10.2 Å². The first kappa shape index (κ1) is 12.4. The minimum Gasteiger partial charge on any atom is -0.481 e. The highest BCUT2D eigenvalue weighted by Gasteiger charge is 2.34. The summed E-state index contributed by atoms with van der Waals surface area (Å²) < 4.78 is 0. The van der Waals surface area contributed by atoms with Gasteiger partial charge >= 0.3 is 5.97 Å². The molecule has 2 aromatic rings. The van der Waals surface area contributed by atoms with Gasteiger partial charge in [-0.25, -0.2) is 0 Å².